The van der Waals surface area contributed by atoms with Crippen LogP contribution in [0.5, 0.6) is 0 Å². The number of anilines is 2. The summed E-state index contributed by atoms with van der Waals surface area (Å²) in [6, 6.07) is 5.54. The molecule has 12 heteroatoms. The minimum absolute atomic E-state index is 0.227. The summed E-state index contributed by atoms with van der Waals surface area (Å²) >= 11 is 1.87. The number of halogens is 4. The number of aliphatic hydroxyl groups excluding tert-OH is 2. The number of hydroxylamine groups is 1. The number of carbonyl (C=O) groups excluding carboxylic acids is 2. The summed E-state index contributed by atoms with van der Waals surface area (Å²) in [5.74, 6) is -5.58. The minimum atomic E-state index is -1.84. The number of hydrogen-bond acceptors (Lipinski definition) is 7. The number of Topliss-reactive ketones (excluding diaryl/α,β-unsaturated/α-hetero) is 1. The Balaban J connectivity index is 1.91. The lowest BCUT2D eigenvalue weighted by Crippen LogP contribution is -2.52. The Morgan fingerprint density at radius 2 is 1.91 bits per heavy atom. The highest BCUT2D eigenvalue weighted by atomic mass is 127. The number of rotatable bonds is 9. The third-order valence-corrected chi connectivity index (χ3v) is 5.46. The highest BCUT2D eigenvalue weighted by Gasteiger charge is 2.34. The number of benzene rings is 2. The summed E-state index contributed by atoms with van der Waals surface area (Å²) in [6.07, 6.45) is -3.64. The van der Waals surface area contributed by atoms with Crippen molar-refractivity contribution in [1.82, 2.24) is 10.8 Å². The van der Waals surface area contributed by atoms with E-state index in [0.717, 1.165) is 12.1 Å². The molecule has 1 aliphatic rings. The number of ketones is 1. The normalized spacial score (nSPS) is 15.6. The molecule has 1 saturated heterocycles. The molecule has 0 radical (unpaired) electrons. The molecule has 0 bridgehead atoms. The van der Waals surface area contributed by atoms with E-state index in [9.17, 15) is 33.0 Å². The lowest BCUT2D eigenvalue weighted by atomic mass is 9.99. The van der Waals surface area contributed by atoms with Gasteiger partial charge in [-0.05, 0) is 52.9 Å². The third kappa shape index (κ3) is 5.38. The maximum Gasteiger partial charge on any atom is 0.249 e. The highest BCUT2D eigenvalue weighted by Crippen LogP contribution is 2.30. The number of nitrogens with one attached hydrogen (secondary N) is 3. The molecule has 32 heavy (non-hydrogen) atoms. The first kappa shape index (κ1) is 24.4. The topological polar surface area (TPSA) is 120 Å². The SMILES string of the molecule is O=C(NOC(C(=O)c1ccc(F)c(F)c1Nc1ccc(I)cc1F)C(O)CO)C1CNC1. The van der Waals surface area contributed by atoms with Crippen LogP contribution in [-0.4, -0.2) is 53.8 Å². The summed E-state index contributed by atoms with van der Waals surface area (Å²) < 4.78 is 43.3. The number of hydrogen-bond donors (Lipinski definition) is 5. The average molecular weight is 565 g/mol. The van der Waals surface area contributed by atoms with Crippen LogP contribution in [0.2, 0.25) is 0 Å². The smallest absolute Gasteiger partial charge is 0.249 e. The number of carbonyl (C=O) groups is 2. The first-order valence-corrected chi connectivity index (χ1v) is 10.5. The molecule has 2 unspecified atom stereocenters. The van der Waals surface area contributed by atoms with Crippen molar-refractivity contribution < 1.29 is 37.8 Å². The van der Waals surface area contributed by atoms with Gasteiger partial charge in [-0.2, -0.15) is 0 Å². The molecule has 8 nitrogen and oxygen atoms in total. The van der Waals surface area contributed by atoms with Gasteiger partial charge in [0.15, 0.2) is 23.5 Å². The molecule has 0 spiro atoms. The third-order valence-electron chi connectivity index (χ3n) is 4.78. The van der Waals surface area contributed by atoms with Crippen LogP contribution in [0.15, 0.2) is 30.3 Å². The fourth-order valence-electron chi connectivity index (χ4n) is 2.84. The Kier molecular flexibility index (Phi) is 8.05. The van der Waals surface area contributed by atoms with E-state index in [1.807, 2.05) is 28.1 Å². The number of amides is 1. The van der Waals surface area contributed by atoms with Crippen molar-refractivity contribution in [3.63, 3.8) is 0 Å². The van der Waals surface area contributed by atoms with Crippen LogP contribution in [-0.2, 0) is 9.63 Å². The summed E-state index contributed by atoms with van der Waals surface area (Å²) in [4.78, 5) is 30.1. The zero-order valence-electron chi connectivity index (χ0n) is 16.4. The van der Waals surface area contributed by atoms with Crippen molar-refractivity contribution in [3.05, 3.63) is 56.9 Å². The number of aliphatic hydroxyl groups is 2. The van der Waals surface area contributed by atoms with Crippen LogP contribution in [0.4, 0.5) is 24.5 Å². The quantitative estimate of drug-likeness (QED) is 0.178. The molecule has 2 aromatic carbocycles. The predicted molar refractivity (Wildman–Crippen MR) is 116 cm³/mol. The van der Waals surface area contributed by atoms with Gasteiger partial charge in [0.2, 0.25) is 5.91 Å². The van der Waals surface area contributed by atoms with Gasteiger partial charge in [-0.3, -0.25) is 14.4 Å². The molecule has 1 fully saturated rings. The monoisotopic (exact) mass is 565 g/mol. The van der Waals surface area contributed by atoms with Crippen molar-refractivity contribution in [2.45, 2.75) is 12.2 Å². The van der Waals surface area contributed by atoms with Crippen LogP contribution in [0, 0.1) is 26.9 Å². The summed E-state index contributed by atoms with van der Waals surface area (Å²) in [5.41, 5.74) is 0.636. The van der Waals surface area contributed by atoms with Crippen LogP contribution in [0.3, 0.4) is 0 Å². The molecule has 1 amide bonds. The molecular weight excluding hydrogens is 546 g/mol. The van der Waals surface area contributed by atoms with Gasteiger partial charge in [-0.25, -0.2) is 18.7 Å². The molecule has 0 saturated carbocycles. The fourth-order valence-corrected chi connectivity index (χ4v) is 3.29. The minimum Gasteiger partial charge on any atom is -0.394 e. The molecule has 1 heterocycles. The van der Waals surface area contributed by atoms with E-state index in [4.69, 9.17) is 4.84 Å². The zero-order valence-corrected chi connectivity index (χ0v) is 18.5. The van der Waals surface area contributed by atoms with Gasteiger partial charge < -0.3 is 20.8 Å². The molecule has 172 valence electrons. The van der Waals surface area contributed by atoms with Crippen molar-refractivity contribution in [3.8, 4) is 0 Å². The van der Waals surface area contributed by atoms with Crippen LogP contribution < -0.4 is 16.1 Å². The van der Waals surface area contributed by atoms with Gasteiger partial charge in [-0.15, -0.1) is 0 Å². The maximum atomic E-state index is 14.6. The first-order valence-electron chi connectivity index (χ1n) is 9.42. The Hall–Kier alpha value is -2.26. The Bertz CT molecular complexity index is 1020. The predicted octanol–water partition coefficient (Wildman–Crippen LogP) is 1.62. The van der Waals surface area contributed by atoms with Gasteiger partial charge in [-0.1, -0.05) is 0 Å². The first-order chi connectivity index (χ1) is 15.2. The Labute approximate surface area is 194 Å². The van der Waals surface area contributed by atoms with E-state index in [-0.39, 0.29) is 5.69 Å². The average Bonchev–Trinajstić information content (AvgIpc) is 2.71. The molecule has 3 rings (SSSR count). The lowest BCUT2D eigenvalue weighted by Gasteiger charge is -2.27. The Morgan fingerprint density at radius 3 is 2.50 bits per heavy atom. The van der Waals surface area contributed by atoms with Crippen molar-refractivity contribution in [1.29, 1.82) is 0 Å². The van der Waals surface area contributed by atoms with E-state index in [2.05, 4.69) is 10.6 Å². The van der Waals surface area contributed by atoms with E-state index >= 15 is 0 Å². The largest absolute Gasteiger partial charge is 0.394 e. The second-order valence-corrected chi connectivity index (χ2v) is 8.25. The van der Waals surface area contributed by atoms with E-state index in [0.29, 0.717) is 22.7 Å². The van der Waals surface area contributed by atoms with Crippen LogP contribution in [0.1, 0.15) is 10.4 Å². The van der Waals surface area contributed by atoms with E-state index in [1.165, 1.54) is 12.1 Å². The van der Waals surface area contributed by atoms with E-state index < -0.39 is 65.1 Å². The summed E-state index contributed by atoms with van der Waals surface area (Å²) in [6.45, 7) is -0.125. The second-order valence-electron chi connectivity index (χ2n) is 7.01. The van der Waals surface area contributed by atoms with Gasteiger partial charge >= 0.3 is 0 Å². The van der Waals surface area contributed by atoms with Crippen LogP contribution in [0.25, 0.3) is 0 Å². The summed E-state index contributed by atoms with van der Waals surface area (Å²) in [7, 11) is 0. The standard InChI is InChI=1S/C20H19F3IN3O5/c21-12-3-2-11(17(16(12)23)26-14-4-1-10(24)5-13(14)22)18(30)19(15(29)8-28)32-27-20(31)9-6-25-7-9/h1-5,9,15,19,25-26,28-29H,6-8H2,(H,27,31). The van der Waals surface area contributed by atoms with Gasteiger partial charge in [0, 0.05) is 22.2 Å². The zero-order chi connectivity index (χ0) is 23.4. The molecule has 2 aromatic rings. The molecular formula is C20H19F3IN3O5. The molecule has 1 aliphatic heterocycles. The maximum absolute atomic E-state index is 14.6. The van der Waals surface area contributed by atoms with Gasteiger partial charge in [0.1, 0.15) is 11.9 Å². The van der Waals surface area contributed by atoms with Crippen molar-refractivity contribution in [2.75, 3.05) is 25.0 Å². The molecule has 0 aromatic heterocycles. The second kappa shape index (κ2) is 10.6. The van der Waals surface area contributed by atoms with E-state index in [1.54, 1.807) is 0 Å². The lowest BCUT2D eigenvalue weighted by molar-refractivity contribution is -0.148. The fraction of sp³-hybridized carbons (Fsp3) is 0.300. The van der Waals surface area contributed by atoms with Gasteiger partial charge in [0.05, 0.1) is 23.9 Å². The van der Waals surface area contributed by atoms with Crippen molar-refractivity contribution in [2.24, 2.45) is 5.92 Å². The van der Waals surface area contributed by atoms with Crippen LogP contribution >= 0.6 is 22.6 Å². The summed E-state index contributed by atoms with van der Waals surface area (Å²) in [5, 5.41) is 24.6. The molecule has 2 atom stereocenters. The van der Waals surface area contributed by atoms with Crippen molar-refractivity contribution >= 4 is 45.7 Å². The molecule has 0 aliphatic carbocycles. The van der Waals surface area contributed by atoms with Gasteiger partial charge in [0.25, 0.3) is 0 Å². The molecule has 5 N–H and O–H groups in total. The Morgan fingerprint density at radius 1 is 1.19 bits per heavy atom. The highest BCUT2D eigenvalue weighted by molar-refractivity contribution is 14.1.